The molecule has 0 saturated heterocycles. The Morgan fingerprint density at radius 3 is 1.68 bits per heavy atom. The minimum Gasteiger partial charge on any atom is -0.282 e. The maximum atomic E-state index is 11.6. The van der Waals surface area contributed by atoms with Crippen LogP contribution in [0.1, 0.15) is 29.7 Å². The van der Waals surface area contributed by atoms with Crippen LogP contribution in [0.15, 0.2) is 107 Å². The Morgan fingerprint density at radius 2 is 1.14 bits per heavy atom. The van der Waals surface area contributed by atoms with Crippen molar-refractivity contribution >= 4 is 46.5 Å². The number of hydrogen-bond donors (Lipinski definition) is 2. The molecular formula is C29H26O6S2. The van der Waals surface area contributed by atoms with Crippen LogP contribution >= 0.6 is 12.0 Å². The molecule has 4 aromatic carbocycles. The molecule has 0 aromatic heterocycles. The summed E-state index contributed by atoms with van der Waals surface area (Å²) in [6.07, 6.45) is 7.41. The van der Waals surface area contributed by atoms with E-state index in [0.29, 0.717) is 5.56 Å². The molecule has 0 spiro atoms. The summed E-state index contributed by atoms with van der Waals surface area (Å²) in [7, 11) is -4.29. The molecule has 0 radical (unpaired) electrons. The molecule has 4 aromatic rings. The summed E-state index contributed by atoms with van der Waals surface area (Å²) < 4.78 is 37.1. The summed E-state index contributed by atoms with van der Waals surface area (Å²) in [5.74, 6) is 0. The van der Waals surface area contributed by atoms with Crippen LogP contribution in [0, 0.1) is 0 Å². The average molecular weight is 535 g/mol. The van der Waals surface area contributed by atoms with Gasteiger partial charge in [0, 0.05) is 4.90 Å². The van der Waals surface area contributed by atoms with Gasteiger partial charge in [-0.2, -0.15) is 8.42 Å². The van der Waals surface area contributed by atoms with Crippen molar-refractivity contribution in [2.75, 3.05) is 0 Å². The van der Waals surface area contributed by atoms with Crippen LogP contribution in [-0.4, -0.2) is 18.2 Å². The summed E-state index contributed by atoms with van der Waals surface area (Å²) in [5, 5.41) is 12.1. The van der Waals surface area contributed by atoms with Crippen molar-refractivity contribution in [3.05, 3.63) is 119 Å². The fraction of sp³-hybridized carbons (Fsp3) is 0.0345. The molecule has 0 aliphatic heterocycles. The molecular weight excluding hydrogens is 508 g/mol. The lowest BCUT2D eigenvalue weighted by atomic mass is 10.0. The third kappa shape index (κ3) is 7.74. The van der Waals surface area contributed by atoms with Crippen molar-refractivity contribution < 1.29 is 27.6 Å². The van der Waals surface area contributed by atoms with Gasteiger partial charge in [0.25, 0.3) is 10.1 Å². The minimum absolute atomic E-state index is 0. The van der Waals surface area contributed by atoms with Gasteiger partial charge in [-0.1, -0.05) is 122 Å². The molecule has 0 fully saturated rings. The highest BCUT2D eigenvalue weighted by Crippen LogP contribution is 2.26. The van der Waals surface area contributed by atoms with Gasteiger partial charge in [-0.15, -0.1) is 4.33 Å². The van der Waals surface area contributed by atoms with Crippen molar-refractivity contribution in [3.8, 4) is 11.1 Å². The van der Waals surface area contributed by atoms with Gasteiger partial charge in [-0.3, -0.25) is 4.55 Å². The van der Waals surface area contributed by atoms with Crippen LogP contribution in [0.2, 0.25) is 0 Å². The summed E-state index contributed by atoms with van der Waals surface area (Å²) in [4.78, 5) is 0.678. The quantitative estimate of drug-likeness (QED) is 0.0738. The molecule has 2 N–H and O–H groups in total. The number of benzene rings is 4. The van der Waals surface area contributed by atoms with E-state index in [9.17, 15) is 13.0 Å². The Balaban J connectivity index is 0.00000380. The topological polar surface area (TPSA) is 93.1 Å². The summed E-state index contributed by atoms with van der Waals surface area (Å²) >= 11 is 0.921. The molecule has 37 heavy (non-hydrogen) atoms. The van der Waals surface area contributed by atoms with E-state index >= 15 is 0 Å². The first kappa shape index (κ1) is 28.1. The zero-order valence-corrected chi connectivity index (χ0v) is 20.5. The Morgan fingerprint density at radius 1 is 0.649 bits per heavy atom. The van der Waals surface area contributed by atoms with Gasteiger partial charge in [0.2, 0.25) is 0 Å². The van der Waals surface area contributed by atoms with E-state index in [1.54, 1.807) is 30.4 Å². The van der Waals surface area contributed by atoms with Crippen LogP contribution in [0.25, 0.3) is 35.4 Å². The van der Waals surface area contributed by atoms with Crippen molar-refractivity contribution in [3.63, 3.8) is 0 Å². The van der Waals surface area contributed by atoms with Crippen LogP contribution < -0.4 is 0 Å². The van der Waals surface area contributed by atoms with Gasteiger partial charge in [0.05, 0.1) is 12.0 Å². The minimum atomic E-state index is -4.29. The third-order valence-electron chi connectivity index (χ3n) is 5.34. The smallest absolute Gasteiger partial charge is 0.282 e. The molecule has 0 bridgehead atoms. The first-order chi connectivity index (χ1) is 17.4. The first-order valence-corrected chi connectivity index (χ1v) is 13.0. The SMILES string of the molecule is C.O=S(=O)(O)c1ccccc1C=Cc1ccc(-c2ccc(C=Cc3ccccc3SOOO)cc2)cc1. The maximum Gasteiger partial charge on any atom is 0.295 e. The average Bonchev–Trinajstić information content (AvgIpc) is 2.90. The van der Waals surface area contributed by atoms with E-state index in [4.69, 9.17) is 5.26 Å². The van der Waals surface area contributed by atoms with Crippen LogP contribution in [0.5, 0.6) is 0 Å². The highest BCUT2D eigenvalue weighted by Gasteiger charge is 2.12. The van der Waals surface area contributed by atoms with Gasteiger partial charge in [0.15, 0.2) is 0 Å². The van der Waals surface area contributed by atoms with Gasteiger partial charge in [-0.25, -0.2) is 5.26 Å². The first-order valence-electron chi connectivity index (χ1n) is 10.8. The van der Waals surface area contributed by atoms with Gasteiger partial charge in [0.1, 0.15) is 4.90 Å². The largest absolute Gasteiger partial charge is 0.295 e. The molecule has 0 aliphatic rings. The second-order valence-electron chi connectivity index (χ2n) is 7.69. The molecule has 0 unspecified atom stereocenters. The highest BCUT2D eigenvalue weighted by atomic mass is 32.2. The summed E-state index contributed by atoms with van der Waals surface area (Å²) in [6, 6.07) is 29.9. The molecule has 0 atom stereocenters. The van der Waals surface area contributed by atoms with E-state index in [1.807, 2.05) is 84.9 Å². The van der Waals surface area contributed by atoms with Crippen molar-refractivity contribution in [1.82, 2.24) is 0 Å². The Kier molecular flexibility index (Phi) is 9.99. The maximum absolute atomic E-state index is 11.6. The zero-order chi connectivity index (χ0) is 25.4. The van der Waals surface area contributed by atoms with Crippen LogP contribution in [0.4, 0.5) is 0 Å². The lowest BCUT2D eigenvalue weighted by molar-refractivity contribution is -0.432. The molecule has 4 rings (SSSR count). The molecule has 0 heterocycles. The van der Waals surface area contributed by atoms with E-state index in [1.165, 1.54) is 6.07 Å². The second-order valence-corrected chi connectivity index (χ2v) is 9.82. The lowest BCUT2D eigenvalue weighted by Crippen LogP contribution is -2.00. The molecule has 0 amide bonds. The van der Waals surface area contributed by atoms with Gasteiger partial charge in [-0.05, 0) is 45.5 Å². The van der Waals surface area contributed by atoms with Crippen molar-refractivity contribution in [2.45, 2.75) is 17.2 Å². The summed E-state index contributed by atoms with van der Waals surface area (Å²) in [6.45, 7) is 0. The third-order valence-corrected chi connectivity index (χ3v) is 6.94. The highest BCUT2D eigenvalue weighted by molar-refractivity contribution is 7.94. The van der Waals surface area contributed by atoms with Gasteiger partial charge >= 0.3 is 0 Å². The normalized spacial score (nSPS) is 11.6. The number of hydrogen-bond acceptors (Lipinski definition) is 6. The summed E-state index contributed by atoms with van der Waals surface area (Å²) in [5.41, 5.74) is 5.37. The molecule has 190 valence electrons. The fourth-order valence-electron chi connectivity index (χ4n) is 3.54. The van der Waals surface area contributed by atoms with Crippen LogP contribution in [0.3, 0.4) is 0 Å². The van der Waals surface area contributed by atoms with E-state index in [2.05, 4.69) is 9.37 Å². The molecule has 0 saturated carbocycles. The van der Waals surface area contributed by atoms with E-state index < -0.39 is 10.1 Å². The Hall–Kier alpha value is -3.50. The van der Waals surface area contributed by atoms with Gasteiger partial charge < -0.3 is 0 Å². The molecule has 6 nitrogen and oxygen atoms in total. The predicted octanol–water partition coefficient (Wildman–Crippen LogP) is 8.01. The standard InChI is InChI=1S/C28H22O6S2.CH4/c29-33-34-35-27-7-3-1-5-25(27)19-13-21-9-15-23(16-10-21)24-17-11-22(12-18-24)14-20-26-6-2-4-8-28(26)36(30,31)32;/h1-20,29H,(H,30,31,32);1H4. The van der Waals surface area contributed by atoms with Crippen molar-refractivity contribution in [2.24, 2.45) is 0 Å². The second kappa shape index (κ2) is 13.2. The number of rotatable bonds is 9. The Labute approximate surface area is 221 Å². The fourth-order valence-corrected chi connectivity index (χ4v) is 4.70. The predicted molar refractivity (Wildman–Crippen MR) is 150 cm³/mol. The monoisotopic (exact) mass is 534 g/mol. The van der Waals surface area contributed by atoms with Crippen LogP contribution in [-0.2, 0) is 19.5 Å². The molecule has 0 aliphatic carbocycles. The van der Waals surface area contributed by atoms with Crippen molar-refractivity contribution in [1.29, 1.82) is 0 Å². The van der Waals surface area contributed by atoms with E-state index in [-0.39, 0.29) is 12.3 Å². The van der Waals surface area contributed by atoms with E-state index in [0.717, 1.165) is 44.8 Å². The molecule has 8 heteroatoms. The zero-order valence-electron chi connectivity index (χ0n) is 18.9. The Bertz CT molecular complexity index is 1480. The lowest BCUT2D eigenvalue weighted by Gasteiger charge is -2.05.